The number of carbonyl (C=O) groups excluding carboxylic acids is 2. The van der Waals surface area contributed by atoms with Gasteiger partial charge in [-0.15, -0.1) is 11.8 Å². The Morgan fingerprint density at radius 1 is 1.47 bits per heavy atom. The number of rotatable bonds is 3. The number of hydrogen-bond donors (Lipinski definition) is 0. The number of benzene rings is 1. The minimum absolute atomic E-state index is 0.107. The van der Waals surface area contributed by atoms with Gasteiger partial charge in [-0.2, -0.15) is 0 Å². The zero-order chi connectivity index (χ0) is 12.4. The molecular formula is C13H15NO2S. The summed E-state index contributed by atoms with van der Waals surface area (Å²) in [6.07, 6.45) is 1.44. The van der Waals surface area contributed by atoms with Crippen LogP contribution in [0.1, 0.15) is 30.1 Å². The number of Topliss-reactive ketones (excluding diaryl/α,β-unsaturated/α-hetero) is 1. The van der Waals surface area contributed by atoms with E-state index in [0.717, 1.165) is 22.6 Å². The lowest BCUT2D eigenvalue weighted by Gasteiger charge is -2.25. The average Bonchev–Trinajstić information content (AvgIpc) is 2.34. The van der Waals surface area contributed by atoms with Gasteiger partial charge >= 0.3 is 0 Å². The maximum absolute atomic E-state index is 11.8. The van der Waals surface area contributed by atoms with Crippen LogP contribution in [-0.4, -0.2) is 24.5 Å². The highest BCUT2D eigenvalue weighted by Crippen LogP contribution is 2.35. The van der Waals surface area contributed by atoms with Crippen molar-refractivity contribution < 1.29 is 9.59 Å². The van der Waals surface area contributed by atoms with Gasteiger partial charge in [-0.25, -0.2) is 0 Å². The summed E-state index contributed by atoms with van der Waals surface area (Å²) in [6.45, 7) is 2.00. The summed E-state index contributed by atoms with van der Waals surface area (Å²) in [6, 6.07) is 5.58. The SMILES string of the molecule is CCCC(=O)c1ccc2c(c1)SCC(=O)N2C. The summed E-state index contributed by atoms with van der Waals surface area (Å²) in [7, 11) is 1.77. The number of amides is 1. The van der Waals surface area contributed by atoms with E-state index in [9.17, 15) is 9.59 Å². The third-order valence-electron chi connectivity index (χ3n) is 2.85. The Morgan fingerprint density at radius 2 is 2.24 bits per heavy atom. The highest BCUT2D eigenvalue weighted by molar-refractivity contribution is 8.00. The van der Waals surface area contributed by atoms with Gasteiger partial charge in [0.1, 0.15) is 0 Å². The van der Waals surface area contributed by atoms with Crippen molar-refractivity contribution in [3.63, 3.8) is 0 Å². The van der Waals surface area contributed by atoms with E-state index in [4.69, 9.17) is 0 Å². The van der Waals surface area contributed by atoms with E-state index < -0.39 is 0 Å². The van der Waals surface area contributed by atoms with Crippen LogP contribution in [0.25, 0.3) is 0 Å². The van der Waals surface area contributed by atoms with Gasteiger partial charge in [0.25, 0.3) is 0 Å². The molecule has 0 radical (unpaired) electrons. The summed E-state index contributed by atoms with van der Waals surface area (Å²) < 4.78 is 0. The second kappa shape index (κ2) is 4.92. The molecule has 1 aromatic carbocycles. The van der Waals surface area contributed by atoms with E-state index in [0.29, 0.717) is 12.2 Å². The van der Waals surface area contributed by atoms with E-state index in [1.807, 2.05) is 25.1 Å². The fourth-order valence-corrected chi connectivity index (χ4v) is 2.86. The molecule has 0 unspecified atom stereocenters. The lowest BCUT2D eigenvalue weighted by molar-refractivity contribution is -0.116. The van der Waals surface area contributed by atoms with E-state index in [1.165, 1.54) is 11.8 Å². The maximum atomic E-state index is 11.8. The van der Waals surface area contributed by atoms with Crippen molar-refractivity contribution >= 4 is 29.1 Å². The van der Waals surface area contributed by atoms with Crippen molar-refractivity contribution in [2.75, 3.05) is 17.7 Å². The quantitative estimate of drug-likeness (QED) is 0.773. The number of thioether (sulfide) groups is 1. The van der Waals surface area contributed by atoms with Crippen LogP contribution >= 0.6 is 11.8 Å². The molecule has 0 aliphatic carbocycles. The standard InChI is InChI=1S/C13H15NO2S/c1-3-4-11(15)9-5-6-10-12(7-9)17-8-13(16)14(10)2/h5-7H,3-4,8H2,1-2H3. The number of ketones is 1. The molecule has 4 heteroatoms. The van der Waals surface area contributed by atoms with Gasteiger partial charge in [0, 0.05) is 23.9 Å². The van der Waals surface area contributed by atoms with E-state index in [2.05, 4.69) is 0 Å². The predicted molar refractivity (Wildman–Crippen MR) is 69.8 cm³/mol. The second-order valence-corrected chi connectivity index (χ2v) is 5.11. The molecule has 90 valence electrons. The monoisotopic (exact) mass is 249 g/mol. The third-order valence-corrected chi connectivity index (χ3v) is 3.87. The van der Waals surface area contributed by atoms with Gasteiger partial charge in [0.05, 0.1) is 11.4 Å². The first-order chi connectivity index (χ1) is 8.13. The Labute approximate surface area is 105 Å². The van der Waals surface area contributed by atoms with Gasteiger partial charge in [0.2, 0.25) is 5.91 Å². The number of nitrogens with zero attached hydrogens (tertiary/aromatic N) is 1. The molecule has 0 fully saturated rings. The van der Waals surface area contributed by atoms with Crippen LogP contribution in [0.2, 0.25) is 0 Å². The molecule has 0 bridgehead atoms. The van der Waals surface area contributed by atoms with Gasteiger partial charge in [-0.3, -0.25) is 9.59 Å². The summed E-state index contributed by atoms with van der Waals surface area (Å²) in [5, 5.41) is 0. The minimum atomic E-state index is 0.107. The number of hydrogen-bond acceptors (Lipinski definition) is 3. The molecule has 1 aliphatic rings. The molecule has 0 aromatic heterocycles. The van der Waals surface area contributed by atoms with Crippen LogP contribution in [0.15, 0.2) is 23.1 Å². The van der Waals surface area contributed by atoms with E-state index in [1.54, 1.807) is 11.9 Å². The molecule has 1 aliphatic heterocycles. The van der Waals surface area contributed by atoms with Gasteiger partial charge in [-0.1, -0.05) is 6.92 Å². The summed E-state index contributed by atoms with van der Waals surface area (Å²) >= 11 is 1.51. The van der Waals surface area contributed by atoms with Crippen molar-refractivity contribution in [1.29, 1.82) is 0 Å². The number of carbonyl (C=O) groups is 2. The number of anilines is 1. The zero-order valence-corrected chi connectivity index (χ0v) is 10.8. The number of fused-ring (bicyclic) bond motifs is 1. The fourth-order valence-electron chi connectivity index (χ4n) is 1.82. The molecule has 17 heavy (non-hydrogen) atoms. The van der Waals surface area contributed by atoms with Crippen LogP contribution in [0.5, 0.6) is 0 Å². The Hall–Kier alpha value is -1.29. The molecule has 2 rings (SSSR count). The second-order valence-electron chi connectivity index (χ2n) is 4.10. The zero-order valence-electron chi connectivity index (χ0n) is 10.0. The Kier molecular flexibility index (Phi) is 3.52. The normalized spacial score (nSPS) is 14.7. The van der Waals surface area contributed by atoms with Crippen molar-refractivity contribution in [3.8, 4) is 0 Å². The third kappa shape index (κ3) is 2.36. The molecule has 1 amide bonds. The van der Waals surface area contributed by atoms with Gasteiger partial charge < -0.3 is 4.90 Å². The van der Waals surface area contributed by atoms with Crippen LogP contribution < -0.4 is 4.90 Å². The van der Waals surface area contributed by atoms with Crippen LogP contribution in [0.3, 0.4) is 0 Å². The smallest absolute Gasteiger partial charge is 0.237 e. The highest BCUT2D eigenvalue weighted by atomic mass is 32.2. The first-order valence-corrected chi connectivity index (χ1v) is 6.68. The van der Waals surface area contributed by atoms with E-state index >= 15 is 0 Å². The first kappa shape index (κ1) is 12.2. The molecule has 1 heterocycles. The summed E-state index contributed by atoms with van der Waals surface area (Å²) in [4.78, 5) is 26.0. The molecule has 1 aromatic rings. The topological polar surface area (TPSA) is 37.4 Å². The predicted octanol–water partition coefficient (Wildman–Crippen LogP) is 2.74. The van der Waals surface area contributed by atoms with Crippen molar-refractivity contribution in [1.82, 2.24) is 0 Å². The molecule has 0 saturated carbocycles. The Bertz CT molecular complexity index is 470. The highest BCUT2D eigenvalue weighted by Gasteiger charge is 2.22. The van der Waals surface area contributed by atoms with Gasteiger partial charge in [0.15, 0.2) is 5.78 Å². The van der Waals surface area contributed by atoms with Crippen molar-refractivity contribution in [2.24, 2.45) is 0 Å². The average molecular weight is 249 g/mol. The molecular weight excluding hydrogens is 234 g/mol. The van der Waals surface area contributed by atoms with E-state index in [-0.39, 0.29) is 11.7 Å². The largest absolute Gasteiger partial charge is 0.314 e. The van der Waals surface area contributed by atoms with Crippen LogP contribution in [-0.2, 0) is 4.79 Å². The first-order valence-electron chi connectivity index (χ1n) is 5.70. The minimum Gasteiger partial charge on any atom is -0.314 e. The van der Waals surface area contributed by atoms with Crippen molar-refractivity contribution in [3.05, 3.63) is 23.8 Å². The Morgan fingerprint density at radius 3 is 2.94 bits per heavy atom. The van der Waals surface area contributed by atoms with Crippen molar-refractivity contribution in [2.45, 2.75) is 24.7 Å². The lowest BCUT2D eigenvalue weighted by atomic mass is 10.1. The van der Waals surface area contributed by atoms with Crippen LogP contribution in [0, 0.1) is 0 Å². The molecule has 0 N–H and O–H groups in total. The van der Waals surface area contributed by atoms with Crippen LogP contribution in [0.4, 0.5) is 5.69 Å². The Balaban J connectivity index is 2.32. The molecule has 3 nitrogen and oxygen atoms in total. The fraction of sp³-hybridized carbons (Fsp3) is 0.385. The maximum Gasteiger partial charge on any atom is 0.237 e. The molecule has 0 atom stereocenters. The lowest BCUT2D eigenvalue weighted by Crippen LogP contribution is -2.31. The summed E-state index contributed by atoms with van der Waals surface area (Å²) in [5.74, 6) is 0.736. The summed E-state index contributed by atoms with van der Waals surface area (Å²) in [5.41, 5.74) is 1.65. The van der Waals surface area contributed by atoms with Gasteiger partial charge in [-0.05, 0) is 24.6 Å². The molecule has 0 spiro atoms. The molecule has 0 saturated heterocycles.